The van der Waals surface area contributed by atoms with E-state index >= 15 is 0 Å². The van der Waals surface area contributed by atoms with Crippen molar-refractivity contribution in [2.75, 3.05) is 18.1 Å². The van der Waals surface area contributed by atoms with Gasteiger partial charge in [-0.2, -0.15) is 16.7 Å². The minimum atomic E-state index is 0.305. The highest BCUT2D eigenvalue weighted by Crippen LogP contribution is 2.31. The Kier molecular flexibility index (Phi) is 3.15. The molecule has 5 heteroatoms. The summed E-state index contributed by atoms with van der Waals surface area (Å²) in [6.45, 7) is 1.07. The summed E-state index contributed by atoms with van der Waals surface area (Å²) in [6, 6.07) is 0.305. The number of thioether (sulfide) groups is 1. The van der Waals surface area contributed by atoms with Crippen molar-refractivity contribution in [2.24, 2.45) is 0 Å². The Bertz CT molecular complexity index is 343. The highest BCUT2D eigenvalue weighted by Gasteiger charge is 2.25. The van der Waals surface area contributed by atoms with Crippen molar-refractivity contribution in [2.45, 2.75) is 37.6 Å². The van der Waals surface area contributed by atoms with Crippen molar-refractivity contribution >= 4 is 11.8 Å². The molecule has 3 heterocycles. The molecular weight excluding hydrogens is 222 g/mol. The lowest BCUT2D eigenvalue weighted by atomic mass is 10.0. The summed E-state index contributed by atoms with van der Waals surface area (Å²) in [5.74, 6) is 4.72. The van der Waals surface area contributed by atoms with Gasteiger partial charge >= 0.3 is 0 Å². The molecule has 1 N–H and O–H groups in total. The Morgan fingerprint density at radius 2 is 2.12 bits per heavy atom. The summed E-state index contributed by atoms with van der Waals surface area (Å²) < 4.78 is 5.37. The lowest BCUT2D eigenvalue weighted by molar-refractivity contribution is 0.338. The maximum Gasteiger partial charge on any atom is 0.243 e. The topological polar surface area (TPSA) is 51.0 Å². The molecule has 88 valence electrons. The van der Waals surface area contributed by atoms with E-state index in [2.05, 4.69) is 15.5 Å². The van der Waals surface area contributed by atoms with Crippen LogP contribution < -0.4 is 5.32 Å². The summed E-state index contributed by atoms with van der Waals surface area (Å²) in [4.78, 5) is 4.57. The first-order valence-corrected chi connectivity index (χ1v) is 7.23. The second-order valence-electron chi connectivity index (χ2n) is 4.53. The van der Waals surface area contributed by atoms with Gasteiger partial charge in [-0.3, -0.25) is 0 Å². The van der Waals surface area contributed by atoms with Gasteiger partial charge in [0, 0.05) is 5.92 Å². The predicted octanol–water partition coefficient (Wildman–Crippen LogP) is 2.10. The minimum absolute atomic E-state index is 0.305. The van der Waals surface area contributed by atoms with Gasteiger partial charge < -0.3 is 9.84 Å². The molecule has 4 nitrogen and oxygen atoms in total. The normalized spacial score (nSPS) is 27.4. The number of rotatable bonds is 2. The number of nitrogens with one attached hydrogen (secondary N) is 1. The first-order valence-electron chi connectivity index (χ1n) is 6.08. The zero-order valence-electron chi connectivity index (χ0n) is 9.32. The van der Waals surface area contributed by atoms with E-state index in [-0.39, 0.29) is 0 Å². The third-order valence-corrected chi connectivity index (χ3v) is 4.45. The molecule has 1 atom stereocenters. The Morgan fingerprint density at radius 3 is 2.88 bits per heavy atom. The van der Waals surface area contributed by atoms with Crippen LogP contribution in [0.1, 0.15) is 49.4 Å². The van der Waals surface area contributed by atoms with E-state index in [4.69, 9.17) is 4.52 Å². The first kappa shape index (κ1) is 10.6. The second-order valence-corrected chi connectivity index (χ2v) is 5.75. The van der Waals surface area contributed by atoms with Gasteiger partial charge in [0.05, 0.1) is 6.04 Å². The predicted molar refractivity (Wildman–Crippen MR) is 63.6 cm³/mol. The largest absolute Gasteiger partial charge is 0.338 e. The summed E-state index contributed by atoms with van der Waals surface area (Å²) in [7, 11) is 0. The van der Waals surface area contributed by atoms with Crippen LogP contribution in [-0.2, 0) is 0 Å². The van der Waals surface area contributed by atoms with Gasteiger partial charge in [-0.25, -0.2) is 0 Å². The molecule has 2 aliphatic rings. The fourth-order valence-electron chi connectivity index (χ4n) is 2.41. The maximum absolute atomic E-state index is 5.37. The van der Waals surface area contributed by atoms with Crippen LogP contribution in [0.4, 0.5) is 0 Å². The Balaban J connectivity index is 1.71. The molecule has 0 bridgehead atoms. The van der Waals surface area contributed by atoms with Gasteiger partial charge in [-0.15, -0.1) is 0 Å². The van der Waals surface area contributed by atoms with Crippen LogP contribution in [0.2, 0.25) is 0 Å². The monoisotopic (exact) mass is 239 g/mol. The number of aromatic nitrogens is 2. The molecule has 3 rings (SSSR count). The molecule has 0 amide bonds. The van der Waals surface area contributed by atoms with Crippen molar-refractivity contribution in [3.05, 3.63) is 11.7 Å². The highest BCUT2D eigenvalue weighted by atomic mass is 32.2. The minimum Gasteiger partial charge on any atom is -0.338 e. The van der Waals surface area contributed by atoms with Crippen molar-refractivity contribution < 1.29 is 4.52 Å². The van der Waals surface area contributed by atoms with Gasteiger partial charge in [0.2, 0.25) is 5.89 Å². The van der Waals surface area contributed by atoms with Crippen molar-refractivity contribution in [3.63, 3.8) is 0 Å². The average Bonchev–Trinajstić information content (AvgIpc) is 3.01. The van der Waals surface area contributed by atoms with Crippen molar-refractivity contribution in [3.8, 4) is 0 Å². The van der Waals surface area contributed by atoms with Gasteiger partial charge in [0.15, 0.2) is 5.82 Å². The van der Waals surface area contributed by atoms with Crippen LogP contribution >= 0.6 is 11.8 Å². The lowest BCUT2D eigenvalue weighted by Gasteiger charge is -2.17. The summed E-state index contributed by atoms with van der Waals surface area (Å²) >= 11 is 2.03. The molecule has 1 aromatic rings. The molecule has 0 aliphatic carbocycles. The molecule has 2 saturated heterocycles. The van der Waals surface area contributed by atoms with Crippen LogP contribution in [0.5, 0.6) is 0 Å². The summed E-state index contributed by atoms with van der Waals surface area (Å²) in [5.41, 5.74) is 0. The van der Waals surface area contributed by atoms with Crippen LogP contribution in [0, 0.1) is 0 Å². The zero-order valence-corrected chi connectivity index (χ0v) is 10.1. The molecule has 1 aromatic heterocycles. The van der Waals surface area contributed by atoms with E-state index in [1.807, 2.05) is 11.8 Å². The van der Waals surface area contributed by atoms with Crippen molar-refractivity contribution in [1.29, 1.82) is 0 Å². The summed E-state index contributed by atoms with van der Waals surface area (Å²) in [6.07, 6.45) is 4.73. The third-order valence-electron chi connectivity index (χ3n) is 3.40. The van der Waals surface area contributed by atoms with Crippen LogP contribution in [-0.4, -0.2) is 28.2 Å². The Labute approximate surface area is 99.6 Å². The van der Waals surface area contributed by atoms with Gasteiger partial charge in [0.25, 0.3) is 0 Å². The molecule has 0 spiro atoms. The van der Waals surface area contributed by atoms with Gasteiger partial charge in [-0.1, -0.05) is 5.16 Å². The second kappa shape index (κ2) is 4.75. The van der Waals surface area contributed by atoms with Crippen molar-refractivity contribution in [1.82, 2.24) is 15.5 Å². The fourth-order valence-corrected chi connectivity index (χ4v) is 3.51. The zero-order chi connectivity index (χ0) is 10.8. The van der Waals surface area contributed by atoms with E-state index in [9.17, 15) is 0 Å². The van der Waals surface area contributed by atoms with E-state index < -0.39 is 0 Å². The first-order chi connectivity index (χ1) is 7.93. The van der Waals surface area contributed by atoms with E-state index in [0.29, 0.717) is 12.0 Å². The molecule has 2 aliphatic heterocycles. The fraction of sp³-hybridized carbons (Fsp3) is 0.818. The molecule has 2 fully saturated rings. The van der Waals surface area contributed by atoms with Crippen LogP contribution in [0.3, 0.4) is 0 Å². The van der Waals surface area contributed by atoms with Gasteiger partial charge in [-0.05, 0) is 43.7 Å². The van der Waals surface area contributed by atoms with Crippen LogP contribution in [0.25, 0.3) is 0 Å². The third kappa shape index (κ3) is 2.11. The van der Waals surface area contributed by atoms with E-state index in [0.717, 1.165) is 24.7 Å². The molecule has 0 radical (unpaired) electrons. The van der Waals surface area contributed by atoms with E-state index in [1.54, 1.807) is 0 Å². The average molecular weight is 239 g/mol. The smallest absolute Gasteiger partial charge is 0.243 e. The van der Waals surface area contributed by atoms with Crippen LogP contribution in [0.15, 0.2) is 4.52 Å². The van der Waals surface area contributed by atoms with E-state index in [1.165, 1.54) is 30.8 Å². The number of hydrogen-bond acceptors (Lipinski definition) is 5. The Hall–Kier alpha value is -0.550. The molecule has 0 unspecified atom stereocenters. The maximum atomic E-state index is 5.37. The number of nitrogens with zero attached hydrogens (tertiary/aromatic N) is 2. The lowest BCUT2D eigenvalue weighted by Crippen LogP contribution is -2.14. The number of hydrogen-bond donors (Lipinski definition) is 1. The SMILES string of the molecule is C1CN[C@H](c2nc(C3CCSCC3)no2)C1. The molecule has 16 heavy (non-hydrogen) atoms. The molecular formula is C11H17N3OS. The molecule has 0 saturated carbocycles. The summed E-state index contributed by atoms with van der Waals surface area (Å²) in [5, 5.41) is 7.54. The quantitative estimate of drug-likeness (QED) is 0.856. The highest BCUT2D eigenvalue weighted by molar-refractivity contribution is 7.99. The molecule has 0 aromatic carbocycles. The van der Waals surface area contributed by atoms with Gasteiger partial charge in [0.1, 0.15) is 0 Å². The Morgan fingerprint density at radius 1 is 1.25 bits per heavy atom. The standard InChI is InChI=1S/C11H17N3OS/c1-2-9(12-5-1)11-13-10(14-15-11)8-3-6-16-7-4-8/h8-9,12H,1-7H2/t9-/m0/s1.